The van der Waals surface area contributed by atoms with Gasteiger partial charge in [-0.3, -0.25) is 14.7 Å². The molecule has 6 rings (SSSR count). The average Bonchev–Trinajstić information content (AvgIpc) is 3.25. The van der Waals surface area contributed by atoms with Gasteiger partial charge in [0.25, 0.3) is 5.91 Å². The van der Waals surface area contributed by atoms with Gasteiger partial charge in [-0.15, -0.1) is 0 Å². The Hall–Kier alpha value is -4.06. The molecule has 7 heteroatoms. The zero-order valence-corrected chi connectivity index (χ0v) is 24.9. The fourth-order valence-corrected chi connectivity index (χ4v) is 6.92. The summed E-state index contributed by atoms with van der Waals surface area (Å²) in [7, 11) is 0. The van der Waals surface area contributed by atoms with E-state index in [4.69, 9.17) is 15.3 Å². The van der Waals surface area contributed by atoms with Gasteiger partial charge in [0.2, 0.25) is 0 Å². The molecule has 0 spiro atoms. The number of aromatic nitrogens is 1. The van der Waals surface area contributed by atoms with Crippen molar-refractivity contribution >= 4 is 23.3 Å². The minimum Gasteiger partial charge on any atom is -0.399 e. The third-order valence-corrected chi connectivity index (χ3v) is 9.28. The van der Waals surface area contributed by atoms with Crippen LogP contribution in [-0.4, -0.2) is 41.1 Å². The number of nitrogens with one attached hydrogen (secondary N) is 1. The molecule has 0 bridgehead atoms. The maximum atomic E-state index is 13.4. The van der Waals surface area contributed by atoms with Crippen molar-refractivity contribution in [2.24, 2.45) is 5.92 Å². The van der Waals surface area contributed by atoms with Crippen molar-refractivity contribution in [2.75, 3.05) is 18.8 Å². The molecule has 1 unspecified atom stereocenters. The number of piperidine rings is 1. The van der Waals surface area contributed by atoms with E-state index in [2.05, 4.69) is 45.5 Å². The van der Waals surface area contributed by atoms with Crippen molar-refractivity contribution < 1.29 is 15.8 Å². The van der Waals surface area contributed by atoms with Crippen LogP contribution >= 0.6 is 0 Å². The molecule has 1 saturated heterocycles. The molecule has 2 heterocycles. The standard InChI is InChI=1S/C35H42N4O.CO2.H2/c36-31-14-8-27(9-15-31)24-39-19-16-32(17-20-39)38-35(40)30-13-12-29-11-10-28-5-1-3-25(21-33(28)34(29)22-30)6-7-26-4-2-18-37-23-26;2-1-3;/h2,4,8-9,12-15,18,22-23,25,32H,1,3,5-7,10-11,16-17,19-21,24,36H2,(H,38,40);;1H. The van der Waals surface area contributed by atoms with Crippen molar-refractivity contribution in [3.63, 3.8) is 0 Å². The van der Waals surface area contributed by atoms with Crippen molar-refractivity contribution in [3.8, 4) is 0 Å². The van der Waals surface area contributed by atoms with E-state index in [9.17, 15) is 4.79 Å². The fourth-order valence-electron chi connectivity index (χ4n) is 6.92. The Morgan fingerprint density at radius 1 is 1.00 bits per heavy atom. The molecule has 3 aliphatic rings. The predicted octanol–water partition coefficient (Wildman–Crippen LogP) is 6.24. The summed E-state index contributed by atoms with van der Waals surface area (Å²) in [6, 6.07) is 19.1. The number of amides is 1. The molecule has 1 atom stereocenters. The van der Waals surface area contributed by atoms with Gasteiger partial charge in [-0.25, -0.2) is 0 Å². The van der Waals surface area contributed by atoms with Gasteiger partial charge in [-0.05, 0) is 128 Å². The number of nitrogens with zero attached hydrogens (tertiary/aromatic N) is 2. The van der Waals surface area contributed by atoms with Gasteiger partial charge in [0.05, 0.1) is 0 Å². The molecular formula is C36H44N4O3. The van der Waals surface area contributed by atoms with E-state index in [0.717, 1.165) is 63.0 Å². The monoisotopic (exact) mass is 580 g/mol. The first kappa shape index (κ1) is 30.4. The van der Waals surface area contributed by atoms with Crippen LogP contribution in [0.25, 0.3) is 5.57 Å². The maximum Gasteiger partial charge on any atom is 0.373 e. The summed E-state index contributed by atoms with van der Waals surface area (Å²) in [5.74, 6) is 0.767. The topological polar surface area (TPSA) is 105 Å². The lowest BCUT2D eigenvalue weighted by Crippen LogP contribution is -2.44. The van der Waals surface area contributed by atoms with Gasteiger partial charge < -0.3 is 11.1 Å². The highest BCUT2D eigenvalue weighted by molar-refractivity contribution is 5.95. The van der Waals surface area contributed by atoms with Gasteiger partial charge in [0.15, 0.2) is 0 Å². The van der Waals surface area contributed by atoms with E-state index >= 15 is 0 Å². The quantitative estimate of drug-likeness (QED) is 0.321. The van der Waals surface area contributed by atoms with Crippen molar-refractivity contribution in [1.82, 2.24) is 15.2 Å². The third kappa shape index (κ3) is 8.28. The summed E-state index contributed by atoms with van der Waals surface area (Å²) in [6.45, 7) is 2.93. The molecule has 1 amide bonds. The Kier molecular flexibility index (Phi) is 10.5. The number of nitrogens with two attached hydrogens (primary N) is 1. The second-order valence-corrected chi connectivity index (χ2v) is 12.2. The number of pyridine rings is 1. The lowest BCUT2D eigenvalue weighted by molar-refractivity contribution is -0.191. The predicted molar refractivity (Wildman–Crippen MR) is 170 cm³/mol. The van der Waals surface area contributed by atoms with E-state index in [1.807, 2.05) is 36.7 Å². The lowest BCUT2D eigenvalue weighted by Gasteiger charge is -2.32. The van der Waals surface area contributed by atoms with Crippen LogP contribution in [0.15, 0.2) is 72.6 Å². The zero-order chi connectivity index (χ0) is 30.0. The molecule has 2 aliphatic carbocycles. The first-order valence-corrected chi connectivity index (χ1v) is 15.6. The maximum absolute atomic E-state index is 13.4. The normalized spacial score (nSPS) is 18.7. The number of benzene rings is 2. The van der Waals surface area contributed by atoms with Gasteiger partial charge in [-0.1, -0.05) is 29.8 Å². The van der Waals surface area contributed by atoms with Crippen molar-refractivity contribution in [2.45, 2.75) is 76.8 Å². The number of nitrogen functional groups attached to an aromatic ring is 1. The summed E-state index contributed by atoms with van der Waals surface area (Å²) >= 11 is 0. The molecular weight excluding hydrogens is 536 g/mol. The van der Waals surface area contributed by atoms with Gasteiger partial charge in [0.1, 0.15) is 0 Å². The van der Waals surface area contributed by atoms with Crippen LogP contribution in [0.4, 0.5) is 5.69 Å². The van der Waals surface area contributed by atoms with Gasteiger partial charge in [-0.2, -0.15) is 9.59 Å². The van der Waals surface area contributed by atoms with Crippen LogP contribution in [0.2, 0.25) is 0 Å². The number of aryl methyl sites for hydroxylation is 2. The molecule has 0 radical (unpaired) electrons. The fraction of sp³-hybridized carbons (Fsp3) is 0.417. The summed E-state index contributed by atoms with van der Waals surface area (Å²) in [6.07, 6.45) is 15.6. The molecule has 1 aliphatic heterocycles. The average molecular weight is 581 g/mol. The third-order valence-electron chi connectivity index (χ3n) is 9.28. The first-order chi connectivity index (χ1) is 21.0. The van der Waals surface area contributed by atoms with E-state index < -0.39 is 0 Å². The summed E-state index contributed by atoms with van der Waals surface area (Å²) in [4.78, 5) is 36.4. The van der Waals surface area contributed by atoms with E-state index in [1.165, 1.54) is 54.4 Å². The van der Waals surface area contributed by atoms with Crippen LogP contribution in [0.3, 0.4) is 0 Å². The summed E-state index contributed by atoms with van der Waals surface area (Å²) in [5, 5.41) is 3.36. The number of rotatable bonds is 7. The van der Waals surface area contributed by atoms with Crippen LogP contribution < -0.4 is 11.1 Å². The van der Waals surface area contributed by atoms with Gasteiger partial charge in [0, 0.05) is 50.7 Å². The second-order valence-electron chi connectivity index (χ2n) is 12.2. The molecule has 43 heavy (non-hydrogen) atoms. The van der Waals surface area contributed by atoms with E-state index in [-0.39, 0.29) is 19.5 Å². The van der Waals surface area contributed by atoms with Crippen LogP contribution in [0, 0.1) is 5.92 Å². The zero-order valence-electron chi connectivity index (χ0n) is 24.9. The van der Waals surface area contributed by atoms with Crippen molar-refractivity contribution in [3.05, 3.63) is 100 Å². The minimum atomic E-state index is 0. The number of carbonyl (C=O) groups is 1. The lowest BCUT2D eigenvalue weighted by atomic mass is 9.80. The molecule has 2 aromatic carbocycles. The number of likely N-dealkylation sites (tertiary alicyclic amines) is 1. The van der Waals surface area contributed by atoms with E-state index in [1.54, 1.807) is 11.1 Å². The highest BCUT2D eigenvalue weighted by Gasteiger charge is 2.26. The minimum absolute atomic E-state index is 0. The number of allylic oxidation sites excluding steroid dienone is 2. The van der Waals surface area contributed by atoms with Gasteiger partial charge >= 0.3 is 6.15 Å². The highest BCUT2D eigenvalue weighted by Crippen LogP contribution is 2.42. The van der Waals surface area contributed by atoms with Crippen molar-refractivity contribution in [1.29, 1.82) is 0 Å². The largest absolute Gasteiger partial charge is 0.399 e. The van der Waals surface area contributed by atoms with E-state index in [0.29, 0.717) is 5.92 Å². The van der Waals surface area contributed by atoms with Crippen LogP contribution in [0.1, 0.15) is 85.4 Å². The highest BCUT2D eigenvalue weighted by atomic mass is 16.2. The number of carbonyl (C=O) groups excluding carboxylic acids is 3. The first-order valence-electron chi connectivity index (χ1n) is 15.6. The number of fused-ring (bicyclic) bond motifs is 2. The number of anilines is 1. The molecule has 1 fully saturated rings. The SMILES string of the molecule is Nc1ccc(CN2CCC(NC(=O)c3ccc4c(c3)C3=C(CCCC(CCc5cccnc5)C3)CC4)CC2)cc1.O=C=O.[HH]. The molecule has 1 aromatic heterocycles. The number of hydrogen-bond acceptors (Lipinski definition) is 6. The Labute approximate surface area is 256 Å². The summed E-state index contributed by atoms with van der Waals surface area (Å²) < 4.78 is 0. The number of hydrogen-bond donors (Lipinski definition) is 2. The Balaban J connectivity index is 0.00000106. The molecule has 7 nitrogen and oxygen atoms in total. The Bertz CT molecular complexity index is 1440. The molecule has 3 aromatic rings. The Morgan fingerprint density at radius 3 is 2.53 bits per heavy atom. The van der Waals surface area contributed by atoms with Crippen LogP contribution in [-0.2, 0) is 29.0 Å². The summed E-state index contributed by atoms with van der Waals surface area (Å²) in [5.41, 5.74) is 16.0. The second kappa shape index (κ2) is 14.9. The molecule has 3 N–H and O–H groups in total. The van der Waals surface area contributed by atoms with Crippen LogP contribution in [0.5, 0.6) is 0 Å². The Morgan fingerprint density at radius 2 is 1.79 bits per heavy atom. The smallest absolute Gasteiger partial charge is 0.373 e. The molecule has 226 valence electrons. The molecule has 0 saturated carbocycles.